The largest absolute Gasteiger partial charge is 0.380 e. The Labute approximate surface area is 110 Å². The van der Waals surface area contributed by atoms with Crippen LogP contribution in [0, 0.1) is 0 Å². The molecule has 0 radical (unpaired) electrons. The number of likely N-dealkylation sites (N-methyl/N-ethyl adjacent to an activating group) is 1. The highest BCUT2D eigenvalue weighted by Crippen LogP contribution is 2.22. The van der Waals surface area contributed by atoms with Gasteiger partial charge in [0.05, 0.1) is 18.8 Å². The van der Waals surface area contributed by atoms with Crippen LogP contribution in [0.25, 0.3) is 0 Å². The number of likely N-dealkylation sites (tertiary alicyclic amines) is 1. The predicted molar refractivity (Wildman–Crippen MR) is 69.9 cm³/mol. The van der Waals surface area contributed by atoms with E-state index in [0.717, 1.165) is 39.3 Å². The molecule has 2 fully saturated rings. The zero-order valence-corrected chi connectivity index (χ0v) is 11.7. The molecule has 0 amide bonds. The molecule has 2 saturated heterocycles. The van der Waals surface area contributed by atoms with Crippen molar-refractivity contribution in [3.05, 3.63) is 0 Å². The van der Waals surface area contributed by atoms with Crippen LogP contribution in [-0.2, 0) is 14.2 Å². The normalized spacial score (nSPS) is 38.2. The Kier molecular flexibility index (Phi) is 5.38. The fourth-order valence-electron chi connectivity index (χ4n) is 3.08. The summed E-state index contributed by atoms with van der Waals surface area (Å²) in [5.74, 6) is 0. The smallest absolute Gasteiger partial charge is 0.0971 e. The molecule has 4 unspecified atom stereocenters. The predicted octanol–water partition coefficient (Wildman–Crippen LogP) is 0.0990. The number of ether oxygens (including phenoxy) is 3. The Morgan fingerprint density at radius 2 is 1.89 bits per heavy atom. The molecule has 5 heteroatoms. The maximum absolute atomic E-state index is 5.65. The second-order valence-corrected chi connectivity index (χ2v) is 5.10. The van der Waals surface area contributed by atoms with Gasteiger partial charge in [-0.05, 0) is 13.0 Å². The Bertz CT molecular complexity index is 238. The van der Waals surface area contributed by atoms with E-state index < -0.39 is 0 Å². The molecule has 0 saturated carbocycles. The van der Waals surface area contributed by atoms with Gasteiger partial charge in [0.2, 0.25) is 0 Å². The minimum atomic E-state index is 0.180. The lowest BCUT2D eigenvalue weighted by molar-refractivity contribution is -0.00461. The lowest BCUT2D eigenvalue weighted by Gasteiger charge is -2.38. The first-order chi connectivity index (χ1) is 8.80. The van der Waals surface area contributed by atoms with Crippen molar-refractivity contribution >= 4 is 0 Å². The minimum absolute atomic E-state index is 0.180. The average molecular weight is 258 g/mol. The lowest BCUT2D eigenvalue weighted by Crippen LogP contribution is -2.55. The van der Waals surface area contributed by atoms with Crippen molar-refractivity contribution in [1.29, 1.82) is 0 Å². The fourth-order valence-corrected chi connectivity index (χ4v) is 3.08. The molecule has 0 aromatic heterocycles. The van der Waals surface area contributed by atoms with Crippen molar-refractivity contribution in [2.24, 2.45) is 0 Å². The van der Waals surface area contributed by atoms with Crippen LogP contribution in [0.15, 0.2) is 0 Å². The van der Waals surface area contributed by atoms with Gasteiger partial charge >= 0.3 is 0 Å². The number of hydrogen-bond donors (Lipinski definition) is 1. The molecule has 2 heterocycles. The summed E-state index contributed by atoms with van der Waals surface area (Å²) in [6.07, 6.45) is 1.45. The highest BCUT2D eigenvalue weighted by molar-refractivity contribution is 4.95. The zero-order valence-electron chi connectivity index (χ0n) is 11.7. The summed E-state index contributed by atoms with van der Waals surface area (Å²) in [7, 11) is 3.53. The monoisotopic (exact) mass is 258 g/mol. The third-order valence-corrected chi connectivity index (χ3v) is 4.11. The van der Waals surface area contributed by atoms with Gasteiger partial charge in [-0.3, -0.25) is 4.90 Å². The van der Waals surface area contributed by atoms with Crippen LogP contribution in [0.4, 0.5) is 0 Å². The molecule has 2 aliphatic rings. The second kappa shape index (κ2) is 6.82. The van der Waals surface area contributed by atoms with E-state index in [4.69, 9.17) is 14.2 Å². The van der Waals surface area contributed by atoms with E-state index in [-0.39, 0.29) is 12.2 Å². The summed E-state index contributed by atoms with van der Waals surface area (Å²) in [4.78, 5) is 2.45. The lowest BCUT2D eigenvalue weighted by atomic mass is 10.0. The molecule has 2 rings (SSSR count). The van der Waals surface area contributed by atoms with E-state index in [9.17, 15) is 0 Å². The molecule has 0 aliphatic carbocycles. The molecule has 0 aromatic rings. The second-order valence-electron chi connectivity index (χ2n) is 5.10. The Morgan fingerprint density at radius 1 is 1.22 bits per heavy atom. The van der Waals surface area contributed by atoms with Crippen molar-refractivity contribution in [1.82, 2.24) is 10.2 Å². The van der Waals surface area contributed by atoms with Crippen LogP contribution >= 0.6 is 0 Å². The molecule has 1 N–H and O–H groups in total. The van der Waals surface area contributed by atoms with Crippen LogP contribution in [0.3, 0.4) is 0 Å². The molecule has 0 spiro atoms. The van der Waals surface area contributed by atoms with E-state index in [1.165, 1.54) is 0 Å². The van der Waals surface area contributed by atoms with Crippen LogP contribution in [0.1, 0.15) is 13.3 Å². The maximum Gasteiger partial charge on any atom is 0.0971 e. The molecule has 2 aliphatic heterocycles. The van der Waals surface area contributed by atoms with Gasteiger partial charge in [0, 0.05) is 46.0 Å². The Morgan fingerprint density at radius 3 is 2.44 bits per heavy atom. The number of nitrogens with one attached hydrogen (secondary N) is 1. The fraction of sp³-hybridized carbons (Fsp3) is 1.00. The van der Waals surface area contributed by atoms with Crippen molar-refractivity contribution in [2.75, 3.05) is 47.1 Å². The van der Waals surface area contributed by atoms with Gasteiger partial charge in [-0.15, -0.1) is 0 Å². The molecule has 4 atom stereocenters. The number of nitrogens with zero attached hydrogens (tertiary/aromatic N) is 1. The van der Waals surface area contributed by atoms with Gasteiger partial charge in [-0.1, -0.05) is 6.92 Å². The van der Waals surface area contributed by atoms with Crippen LogP contribution < -0.4 is 5.32 Å². The molecule has 0 aromatic carbocycles. The molecule has 5 nitrogen and oxygen atoms in total. The van der Waals surface area contributed by atoms with Crippen molar-refractivity contribution in [3.8, 4) is 0 Å². The molecule has 0 bridgehead atoms. The average Bonchev–Trinajstić information content (AvgIpc) is 2.83. The topological polar surface area (TPSA) is 43.0 Å². The molecular weight excluding hydrogens is 232 g/mol. The van der Waals surface area contributed by atoms with Crippen molar-refractivity contribution < 1.29 is 14.2 Å². The van der Waals surface area contributed by atoms with Crippen LogP contribution in [0.2, 0.25) is 0 Å². The summed E-state index contributed by atoms with van der Waals surface area (Å²) in [6.45, 7) is 6.71. The molecule has 106 valence electrons. The summed E-state index contributed by atoms with van der Waals surface area (Å²) >= 11 is 0. The van der Waals surface area contributed by atoms with E-state index in [1.54, 1.807) is 14.2 Å². The summed E-state index contributed by atoms with van der Waals surface area (Å²) in [5, 5.41) is 3.57. The van der Waals surface area contributed by atoms with Crippen LogP contribution in [-0.4, -0.2) is 76.3 Å². The Balaban J connectivity index is 1.97. The van der Waals surface area contributed by atoms with Crippen molar-refractivity contribution in [2.45, 2.75) is 37.6 Å². The highest BCUT2D eigenvalue weighted by atomic mass is 16.5. The van der Waals surface area contributed by atoms with Gasteiger partial charge in [-0.2, -0.15) is 0 Å². The summed E-state index contributed by atoms with van der Waals surface area (Å²) < 4.78 is 16.7. The van der Waals surface area contributed by atoms with Crippen LogP contribution in [0.5, 0.6) is 0 Å². The van der Waals surface area contributed by atoms with Crippen molar-refractivity contribution in [3.63, 3.8) is 0 Å². The maximum atomic E-state index is 5.65. The number of rotatable bonds is 5. The van der Waals surface area contributed by atoms with Gasteiger partial charge in [0.1, 0.15) is 0 Å². The molecular formula is C13H26N2O3. The van der Waals surface area contributed by atoms with E-state index >= 15 is 0 Å². The summed E-state index contributed by atoms with van der Waals surface area (Å²) in [6, 6.07) is 0.966. The standard InChI is InChI=1S/C13H26N2O3/c1-4-14-10-5-6-18-9-11(10)15-7-12(16-2)13(8-15)17-3/h10-14H,4-9H2,1-3H3. The summed E-state index contributed by atoms with van der Waals surface area (Å²) in [5.41, 5.74) is 0. The SMILES string of the molecule is CCNC1CCOCC1N1CC(OC)C(OC)C1. The van der Waals surface area contributed by atoms with Gasteiger partial charge in [0.15, 0.2) is 0 Å². The quantitative estimate of drug-likeness (QED) is 0.757. The Hall–Kier alpha value is -0.200. The first-order valence-electron chi connectivity index (χ1n) is 6.90. The van der Waals surface area contributed by atoms with Gasteiger partial charge < -0.3 is 19.5 Å². The number of methoxy groups -OCH3 is 2. The number of hydrogen-bond acceptors (Lipinski definition) is 5. The minimum Gasteiger partial charge on any atom is -0.380 e. The third kappa shape index (κ3) is 3.03. The zero-order chi connectivity index (χ0) is 13.0. The van der Waals surface area contributed by atoms with E-state index in [0.29, 0.717) is 12.1 Å². The first kappa shape index (κ1) is 14.2. The van der Waals surface area contributed by atoms with E-state index in [2.05, 4.69) is 17.1 Å². The highest BCUT2D eigenvalue weighted by Gasteiger charge is 2.40. The molecule has 18 heavy (non-hydrogen) atoms. The van der Waals surface area contributed by atoms with E-state index in [1.807, 2.05) is 0 Å². The van der Waals surface area contributed by atoms with Gasteiger partial charge in [0.25, 0.3) is 0 Å². The van der Waals surface area contributed by atoms with Gasteiger partial charge in [-0.25, -0.2) is 0 Å². The first-order valence-corrected chi connectivity index (χ1v) is 6.90. The third-order valence-electron chi connectivity index (χ3n) is 4.11.